The number of rotatable bonds is 10. The van der Waals surface area contributed by atoms with Crippen molar-refractivity contribution in [2.24, 2.45) is 5.41 Å². The van der Waals surface area contributed by atoms with Crippen LogP contribution in [0.4, 0.5) is 4.79 Å². The maximum Gasteiger partial charge on any atom is 0.407 e. The SMILES string of the molecule is CC(=O)NCCOC(C)(OCCNC(=O)OCc1ccccc1)C(C)(C)C. The Hall–Kier alpha value is -2.12. The Kier molecular flexibility index (Phi) is 9.25. The molecule has 1 unspecified atom stereocenters. The second kappa shape index (κ2) is 10.9. The summed E-state index contributed by atoms with van der Waals surface area (Å²) in [5, 5.41) is 5.35. The molecule has 1 rings (SSSR count). The van der Waals surface area contributed by atoms with E-state index < -0.39 is 11.9 Å². The molecule has 0 saturated carbocycles. The third kappa shape index (κ3) is 8.88. The highest BCUT2D eigenvalue weighted by Gasteiger charge is 2.39. The van der Waals surface area contributed by atoms with Gasteiger partial charge in [0, 0.05) is 25.4 Å². The summed E-state index contributed by atoms with van der Waals surface area (Å²) in [6.07, 6.45) is -0.494. The van der Waals surface area contributed by atoms with Crippen LogP contribution in [-0.4, -0.2) is 44.1 Å². The topological polar surface area (TPSA) is 85.9 Å². The van der Waals surface area contributed by atoms with Gasteiger partial charge in [0.1, 0.15) is 6.61 Å². The van der Waals surface area contributed by atoms with Gasteiger partial charge in [0.05, 0.1) is 13.2 Å². The predicted molar refractivity (Wildman–Crippen MR) is 103 cm³/mol. The minimum Gasteiger partial charge on any atom is -0.445 e. The Bertz CT molecular complexity index is 586. The normalized spacial score (nSPS) is 13.5. The summed E-state index contributed by atoms with van der Waals surface area (Å²) >= 11 is 0. The van der Waals surface area contributed by atoms with Gasteiger partial charge in [-0.25, -0.2) is 4.79 Å². The highest BCUT2D eigenvalue weighted by molar-refractivity contribution is 5.72. The molecule has 152 valence electrons. The molecule has 27 heavy (non-hydrogen) atoms. The van der Waals surface area contributed by atoms with Crippen LogP contribution in [-0.2, 0) is 25.6 Å². The zero-order valence-corrected chi connectivity index (χ0v) is 17.0. The van der Waals surface area contributed by atoms with E-state index in [0.717, 1.165) is 5.56 Å². The van der Waals surface area contributed by atoms with Crippen molar-refractivity contribution < 1.29 is 23.8 Å². The number of hydrogen-bond donors (Lipinski definition) is 2. The third-order valence-electron chi connectivity index (χ3n) is 4.18. The number of ether oxygens (including phenoxy) is 3. The van der Waals surface area contributed by atoms with Crippen molar-refractivity contribution in [3.05, 3.63) is 35.9 Å². The summed E-state index contributed by atoms with van der Waals surface area (Å²) in [6.45, 7) is 10.9. The largest absolute Gasteiger partial charge is 0.445 e. The Morgan fingerprint density at radius 1 is 0.926 bits per heavy atom. The fourth-order valence-corrected chi connectivity index (χ4v) is 2.12. The van der Waals surface area contributed by atoms with Gasteiger partial charge in [0.25, 0.3) is 0 Å². The lowest BCUT2D eigenvalue weighted by molar-refractivity contribution is -0.276. The van der Waals surface area contributed by atoms with E-state index in [2.05, 4.69) is 10.6 Å². The lowest BCUT2D eigenvalue weighted by Gasteiger charge is -2.41. The molecule has 7 heteroatoms. The van der Waals surface area contributed by atoms with Crippen molar-refractivity contribution in [1.82, 2.24) is 10.6 Å². The molecule has 2 N–H and O–H groups in total. The van der Waals surface area contributed by atoms with Crippen LogP contribution in [0.15, 0.2) is 30.3 Å². The summed E-state index contributed by atoms with van der Waals surface area (Å²) in [5.74, 6) is -0.962. The molecule has 0 heterocycles. The summed E-state index contributed by atoms with van der Waals surface area (Å²) in [5.41, 5.74) is 0.633. The van der Waals surface area contributed by atoms with Crippen molar-refractivity contribution in [1.29, 1.82) is 0 Å². The molecule has 2 amide bonds. The second-order valence-corrected chi connectivity index (χ2v) is 7.36. The molecule has 0 fully saturated rings. The number of benzene rings is 1. The molecule has 0 radical (unpaired) electrons. The van der Waals surface area contributed by atoms with E-state index in [1.165, 1.54) is 6.92 Å². The van der Waals surface area contributed by atoms with Gasteiger partial charge in [-0.05, 0) is 12.5 Å². The van der Waals surface area contributed by atoms with Gasteiger partial charge in [-0.15, -0.1) is 0 Å². The molecule has 0 bridgehead atoms. The Morgan fingerprint density at radius 2 is 1.48 bits per heavy atom. The number of carbonyl (C=O) groups excluding carboxylic acids is 2. The number of hydrogen-bond acceptors (Lipinski definition) is 5. The molecule has 1 atom stereocenters. The van der Waals surface area contributed by atoms with E-state index in [9.17, 15) is 9.59 Å². The first-order valence-electron chi connectivity index (χ1n) is 9.11. The van der Waals surface area contributed by atoms with Gasteiger partial charge in [-0.1, -0.05) is 51.1 Å². The fourth-order valence-electron chi connectivity index (χ4n) is 2.12. The summed E-state index contributed by atoms with van der Waals surface area (Å²) < 4.78 is 16.9. The average molecular weight is 380 g/mol. The standard InChI is InChI=1S/C20H32N2O5/c1-16(23)21-11-13-26-20(5,19(2,3)4)27-14-12-22-18(24)25-15-17-9-7-6-8-10-17/h6-10H,11-15H2,1-5H3,(H,21,23)(H,22,24). The van der Waals surface area contributed by atoms with Crippen molar-refractivity contribution >= 4 is 12.0 Å². The molecule has 0 spiro atoms. The molecule has 0 saturated heterocycles. The lowest BCUT2D eigenvalue weighted by Crippen LogP contribution is -2.47. The first-order valence-corrected chi connectivity index (χ1v) is 9.11. The van der Waals surface area contributed by atoms with Crippen molar-refractivity contribution in [2.45, 2.75) is 47.0 Å². The molecule has 1 aromatic carbocycles. The molecule has 0 aliphatic carbocycles. The van der Waals surface area contributed by atoms with Gasteiger partial charge in [0.15, 0.2) is 5.79 Å². The smallest absolute Gasteiger partial charge is 0.407 e. The molecule has 1 aromatic rings. The first-order chi connectivity index (χ1) is 12.6. The zero-order chi connectivity index (χ0) is 20.3. The van der Waals surface area contributed by atoms with E-state index >= 15 is 0 Å². The Morgan fingerprint density at radius 3 is 2.00 bits per heavy atom. The summed E-state index contributed by atoms with van der Waals surface area (Å²) in [4.78, 5) is 22.7. The minimum atomic E-state index is -0.860. The second-order valence-electron chi connectivity index (χ2n) is 7.36. The van der Waals surface area contributed by atoms with Crippen LogP contribution in [0.2, 0.25) is 0 Å². The number of alkyl carbamates (subject to hydrolysis) is 1. The highest BCUT2D eigenvalue weighted by Crippen LogP contribution is 2.34. The van der Waals surface area contributed by atoms with Crippen LogP contribution in [0.5, 0.6) is 0 Å². The van der Waals surface area contributed by atoms with Crippen molar-refractivity contribution in [2.75, 3.05) is 26.3 Å². The fraction of sp³-hybridized carbons (Fsp3) is 0.600. The van der Waals surface area contributed by atoms with Crippen LogP contribution in [0.3, 0.4) is 0 Å². The summed E-state index contributed by atoms with van der Waals surface area (Å²) in [7, 11) is 0. The zero-order valence-electron chi connectivity index (χ0n) is 17.0. The van der Waals surface area contributed by atoms with Gasteiger partial charge in [-0.2, -0.15) is 0 Å². The monoisotopic (exact) mass is 380 g/mol. The van der Waals surface area contributed by atoms with Crippen molar-refractivity contribution in [3.8, 4) is 0 Å². The molecule has 7 nitrogen and oxygen atoms in total. The van der Waals surface area contributed by atoms with Crippen LogP contribution in [0.25, 0.3) is 0 Å². The third-order valence-corrected chi connectivity index (χ3v) is 4.18. The molecule has 0 aliphatic heterocycles. The minimum absolute atomic E-state index is 0.102. The number of nitrogens with one attached hydrogen (secondary N) is 2. The van der Waals surface area contributed by atoms with Gasteiger partial charge in [-0.3, -0.25) is 4.79 Å². The summed E-state index contributed by atoms with van der Waals surface area (Å²) in [6, 6.07) is 9.48. The molecule has 0 aromatic heterocycles. The Labute approximate surface area is 161 Å². The van der Waals surface area contributed by atoms with E-state index in [1.54, 1.807) is 0 Å². The van der Waals surface area contributed by atoms with Crippen LogP contribution in [0, 0.1) is 5.41 Å². The van der Waals surface area contributed by atoms with Gasteiger partial charge >= 0.3 is 6.09 Å². The predicted octanol–water partition coefficient (Wildman–Crippen LogP) is 2.84. The van der Waals surface area contributed by atoms with E-state index in [0.29, 0.717) is 19.7 Å². The molecular formula is C20H32N2O5. The maximum absolute atomic E-state index is 11.8. The molecular weight excluding hydrogens is 348 g/mol. The highest BCUT2D eigenvalue weighted by atomic mass is 16.7. The van der Waals surface area contributed by atoms with Crippen LogP contribution >= 0.6 is 0 Å². The number of amides is 2. The Balaban J connectivity index is 2.33. The van der Waals surface area contributed by atoms with Crippen LogP contribution < -0.4 is 10.6 Å². The quantitative estimate of drug-likeness (QED) is 0.481. The lowest BCUT2D eigenvalue weighted by atomic mass is 9.86. The average Bonchev–Trinajstić information content (AvgIpc) is 2.60. The van der Waals surface area contributed by atoms with E-state index in [4.69, 9.17) is 14.2 Å². The van der Waals surface area contributed by atoms with E-state index in [-0.39, 0.29) is 24.5 Å². The van der Waals surface area contributed by atoms with Gasteiger partial charge < -0.3 is 24.8 Å². The number of carbonyl (C=O) groups is 2. The van der Waals surface area contributed by atoms with Crippen LogP contribution in [0.1, 0.15) is 40.2 Å². The van der Waals surface area contributed by atoms with Crippen molar-refractivity contribution in [3.63, 3.8) is 0 Å². The maximum atomic E-state index is 11.8. The first kappa shape index (κ1) is 22.9. The molecule has 0 aliphatic rings. The van der Waals surface area contributed by atoms with Gasteiger partial charge in [0.2, 0.25) is 5.91 Å². The van der Waals surface area contributed by atoms with E-state index in [1.807, 2.05) is 58.0 Å².